The SMILES string of the molecule is Cc1ccccc1OCc1nnc(C(=O)Nc2ccc(C(=O)NCCN3CCOCC3)cc2)s1. The van der Waals surface area contributed by atoms with Gasteiger partial charge in [0.15, 0.2) is 5.01 Å². The number of benzene rings is 2. The van der Waals surface area contributed by atoms with Crippen LogP contribution in [-0.2, 0) is 11.3 Å². The van der Waals surface area contributed by atoms with Crippen molar-refractivity contribution in [1.29, 1.82) is 0 Å². The molecule has 1 aromatic heterocycles. The van der Waals surface area contributed by atoms with Crippen molar-refractivity contribution in [3.8, 4) is 5.75 Å². The van der Waals surface area contributed by atoms with Crippen molar-refractivity contribution in [2.24, 2.45) is 0 Å². The van der Waals surface area contributed by atoms with Crippen LogP contribution in [0, 0.1) is 6.92 Å². The lowest BCUT2D eigenvalue weighted by atomic mass is 10.2. The summed E-state index contributed by atoms with van der Waals surface area (Å²) in [4.78, 5) is 27.1. The Labute approximate surface area is 202 Å². The van der Waals surface area contributed by atoms with Gasteiger partial charge in [-0.25, -0.2) is 0 Å². The number of hydrogen-bond acceptors (Lipinski definition) is 8. The van der Waals surface area contributed by atoms with Gasteiger partial charge in [-0.15, -0.1) is 10.2 Å². The van der Waals surface area contributed by atoms with Crippen LogP contribution in [0.25, 0.3) is 0 Å². The molecule has 34 heavy (non-hydrogen) atoms. The second-order valence-corrected chi connectivity index (χ2v) is 8.86. The fraction of sp³-hybridized carbons (Fsp3) is 0.333. The van der Waals surface area contributed by atoms with E-state index in [1.165, 1.54) is 11.3 Å². The maximum absolute atomic E-state index is 12.5. The Balaban J connectivity index is 1.24. The first-order chi connectivity index (χ1) is 16.6. The normalized spacial score (nSPS) is 13.9. The number of carbonyl (C=O) groups is 2. The Morgan fingerprint density at radius 1 is 1.06 bits per heavy atom. The third kappa shape index (κ3) is 6.60. The first kappa shape index (κ1) is 23.8. The van der Waals surface area contributed by atoms with Gasteiger partial charge in [0, 0.05) is 37.4 Å². The summed E-state index contributed by atoms with van der Waals surface area (Å²) >= 11 is 1.18. The van der Waals surface area contributed by atoms with E-state index in [0.717, 1.165) is 44.2 Å². The molecule has 1 aliphatic heterocycles. The van der Waals surface area contributed by atoms with Crippen molar-refractivity contribution in [3.63, 3.8) is 0 Å². The molecular weight excluding hydrogens is 454 g/mol. The van der Waals surface area contributed by atoms with E-state index in [2.05, 4.69) is 25.7 Å². The van der Waals surface area contributed by atoms with Crippen molar-refractivity contribution >= 4 is 28.8 Å². The molecule has 1 saturated heterocycles. The minimum Gasteiger partial charge on any atom is -0.486 e. The highest BCUT2D eigenvalue weighted by Crippen LogP contribution is 2.20. The van der Waals surface area contributed by atoms with E-state index in [4.69, 9.17) is 9.47 Å². The van der Waals surface area contributed by atoms with Gasteiger partial charge >= 0.3 is 0 Å². The minimum atomic E-state index is -0.359. The highest BCUT2D eigenvalue weighted by Gasteiger charge is 2.15. The number of anilines is 1. The van der Waals surface area contributed by atoms with Crippen LogP contribution >= 0.6 is 11.3 Å². The number of morpholine rings is 1. The Hall–Kier alpha value is -3.34. The molecule has 178 valence electrons. The number of nitrogens with zero attached hydrogens (tertiary/aromatic N) is 3. The van der Waals surface area contributed by atoms with Crippen molar-refractivity contribution in [2.75, 3.05) is 44.7 Å². The van der Waals surface area contributed by atoms with E-state index in [1.54, 1.807) is 24.3 Å². The van der Waals surface area contributed by atoms with Crippen LogP contribution in [0.2, 0.25) is 0 Å². The Kier molecular flexibility index (Phi) is 8.18. The summed E-state index contributed by atoms with van der Waals surface area (Å²) < 4.78 is 11.1. The molecule has 1 aliphatic rings. The van der Waals surface area contributed by atoms with Crippen LogP contribution in [-0.4, -0.2) is 66.3 Å². The van der Waals surface area contributed by atoms with Gasteiger partial charge in [0.1, 0.15) is 12.4 Å². The second kappa shape index (κ2) is 11.7. The molecule has 0 saturated carbocycles. The molecule has 3 aromatic rings. The van der Waals surface area contributed by atoms with Crippen LogP contribution in [0.1, 0.15) is 30.7 Å². The summed E-state index contributed by atoms with van der Waals surface area (Å²) in [5.74, 6) is 0.268. The van der Waals surface area contributed by atoms with Gasteiger partial charge in [-0.3, -0.25) is 14.5 Å². The molecule has 1 fully saturated rings. The molecule has 2 aromatic carbocycles. The van der Waals surface area contributed by atoms with Gasteiger partial charge in [0.05, 0.1) is 13.2 Å². The summed E-state index contributed by atoms with van der Waals surface area (Å²) in [6.07, 6.45) is 0. The number of hydrogen-bond donors (Lipinski definition) is 2. The molecule has 0 spiro atoms. The summed E-state index contributed by atoms with van der Waals surface area (Å²) in [6, 6.07) is 14.5. The van der Waals surface area contributed by atoms with Crippen LogP contribution in [0.15, 0.2) is 48.5 Å². The predicted molar refractivity (Wildman–Crippen MR) is 129 cm³/mol. The van der Waals surface area contributed by atoms with Crippen LogP contribution < -0.4 is 15.4 Å². The number of amides is 2. The molecule has 9 nitrogen and oxygen atoms in total. The zero-order valence-corrected chi connectivity index (χ0v) is 19.8. The topological polar surface area (TPSA) is 106 Å². The molecule has 4 rings (SSSR count). The van der Waals surface area contributed by atoms with Crippen LogP contribution in [0.4, 0.5) is 5.69 Å². The van der Waals surface area contributed by atoms with Crippen molar-refractivity contribution < 1.29 is 19.1 Å². The van der Waals surface area contributed by atoms with E-state index in [-0.39, 0.29) is 23.4 Å². The van der Waals surface area contributed by atoms with Gasteiger partial charge in [0.25, 0.3) is 11.8 Å². The number of carbonyl (C=O) groups excluding carboxylic acids is 2. The highest BCUT2D eigenvalue weighted by molar-refractivity contribution is 7.13. The van der Waals surface area contributed by atoms with Crippen molar-refractivity contribution in [1.82, 2.24) is 20.4 Å². The summed E-state index contributed by atoms with van der Waals surface area (Å²) in [5.41, 5.74) is 2.13. The van der Waals surface area contributed by atoms with Gasteiger partial charge < -0.3 is 20.1 Å². The summed E-state index contributed by atoms with van der Waals surface area (Å²) in [5, 5.41) is 14.6. The molecule has 2 amide bonds. The smallest absolute Gasteiger partial charge is 0.286 e. The first-order valence-corrected chi connectivity index (χ1v) is 11.9. The molecule has 0 radical (unpaired) electrons. The maximum Gasteiger partial charge on any atom is 0.286 e. The van der Waals surface area contributed by atoms with E-state index in [1.807, 2.05) is 31.2 Å². The van der Waals surface area contributed by atoms with Gasteiger partial charge in [0.2, 0.25) is 5.01 Å². The third-order valence-corrected chi connectivity index (χ3v) is 6.22. The molecule has 0 atom stereocenters. The largest absolute Gasteiger partial charge is 0.486 e. The molecule has 0 aliphatic carbocycles. The van der Waals surface area contributed by atoms with Gasteiger partial charge in [-0.1, -0.05) is 29.5 Å². The highest BCUT2D eigenvalue weighted by atomic mass is 32.1. The average molecular weight is 482 g/mol. The number of ether oxygens (including phenoxy) is 2. The minimum absolute atomic E-state index is 0.145. The van der Waals surface area contributed by atoms with Gasteiger partial charge in [-0.2, -0.15) is 0 Å². The Morgan fingerprint density at radius 3 is 2.59 bits per heavy atom. The van der Waals surface area contributed by atoms with Gasteiger partial charge in [-0.05, 0) is 42.8 Å². The zero-order valence-electron chi connectivity index (χ0n) is 19.0. The molecule has 0 bridgehead atoms. The molecule has 2 N–H and O–H groups in total. The van der Waals surface area contributed by atoms with E-state index in [9.17, 15) is 9.59 Å². The number of nitrogens with one attached hydrogen (secondary N) is 2. The molecule has 2 heterocycles. The maximum atomic E-state index is 12.5. The Morgan fingerprint density at radius 2 is 1.82 bits per heavy atom. The van der Waals surface area contributed by atoms with E-state index >= 15 is 0 Å². The lowest BCUT2D eigenvalue weighted by molar-refractivity contribution is 0.0383. The second-order valence-electron chi connectivity index (χ2n) is 7.80. The number of rotatable bonds is 9. The zero-order chi connectivity index (χ0) is 23.8. The first-order valence-electron chi connectivity index (χ1n) is 11.1. The lowest BCUT2D eigenvalue weighted by Gasteiger charge is -2.26. The molecule has 0 unspecified atom stereocenters. The van der Waals surface area contributed by atoms with Crippen molar-refractivity contribution in [2.45, 2.75) is 13.5 Å². The third-order valence-electron chi connectivity index (χ3n) is 5.33. The summed E-state index contributed by atoms with van der Waals surface area (Å²) in [7, 11) is 0. The number of aromatic nitrogens is 2. The van der Waals surface area contributed by atoms with E-state index in [0.29, 0.717) is 22.8 Å². The standard InChI is InChI=1S/C24H27N5O4S/c1-17-4-2-3-5-20(17)33-16-21-27-28-24(34-21)23(31)26-19-8-6-18(7-9-19)22(30)25-10-11-29-12-14-32-15-13-29/h2-9H,10-16H2,1H3,(H,25,30)(H,26,31). The number of para-hydroxylation sites is 1. The van der Waals surface area contributed by atoms with E-state index < -0.39 is 0 Å². The Bertz CT molecular complexity index is 1110. The molecule has 10 heteroatoms. The number of aryl methyl sites for hydroxylation is 1. The monoisotopic (exact) mass is 481 g/mol. The quantitative estimate of drug-likeness (QED) is 0.484. The predicted octanol–water partition coefficient (Wildman–Crippen LogP) is 2.74. The van der Waals surface area contributed by atoms with Crippen molar-refractivity contribution in [3.05, 3.63) is 69.7 Å². The molecular formula is C24H27N5O4S. The summed E-state index contributed by atoms with van der Waals surface area (Å²) in [6.45, 7) is 6.83. The fourth-order valence-corrected chi connectivity index (χ4v) is 4.05. The average Bonchev–Trinajstić information content (AvgIpc) is 3.34. The van der Waals surface area contributed by atoms with Crippen LogP contribution in [0.3, 0.4) is 0 Å². The van der Waals surface area contributed by atoms with Crippen LogP contribution in [0.5, 0.6) is 5.75 Å². The lowest BCUT2D eigenvalue weighted by Crippen LogP contribution is -2.41. The fourth-order valence-electron chi connectivity index (χ4n) is 3.41.